The molecule has 80 valence electrons. The van der Waals surface area contributed by atoms with Crippen LogP contribution in [-0.2, 0) is 0 Å². The zero-order valence-corrected chi connectivity index (χ0v) is 9.53. The van der Waals surface area contributed by atoms with Gasteiger partial charge in [-0.05, 0) is 26.9 Å². The minimum absolute atomic E-state index is 0.608. The molecule has 0 bridgehead atoms. The first-order chi connectivity index (χ1) is 6.31. The summed E-state index contributed by atoms with van der Waals surface area (Å²) in [6, 6.07) is 0.608. The highest BCUT2D eigenvalue weighted by molar-refractivity contribution is 4.61. The summed E-state index contributed by atoms with van der Waals surface area (Å²) in [5, 5.41) is 6.66. The van der Waals surface area contributed by atoms with Crippen LogP contribution in [0.15, 0.2) is 0 Å². The monoisotopic (exact) mass is 186 g/mol. The van der Waals surface area contributed by atoms with E-state index in [0.717, 1.165) is 6.54 Å². The predicted molar refractivity (Wildman–Crippen MR) is 60.2 cm³/mol. The largest absolute Gasteiger partial charge is 0.318 e. The van der Waals surface area contributed by atoms with E-state index >= 15 is 0 Å². The molecule has 0 aliphatic rings. The van der Waals surface area contributed by atoms with Crippen molar-refractivity contribution in [1.29, 1.82) is 0 Å². The van der Waals surface area contributed by atoms with Crippen molar-refractivity contribution < 1.29 is 0 Å². The van der Waals surface area contributed by atoms with Gasteiger partial charge in [0.05, 0.1) is 0 Å². The smallest absolute Gasteiger partial charge is 0.0164 e. The second kappa shape index (κ2) is 10.0. The van der Waals surface area contributed by atoms with Gasteiger partial charge in [-0.2, -0.15) is 0 Å². The van der Waals surface area contributed by atoms with Gasteiger partial charge in [0, 0.05) is 12.6 Å². The molecular formula is C11H26N2. The molecule has 0 aliphatic carbocycles. The lowest BCUT2D eigenvalue weighted by Gasteiger charge is -2.12. The maximum atomic E-state index is 3.50. The minimum Gasteiger partial charge on any atom is -0.318 e. The molecule has 1 atom stereocenters. The molecule has 13 heavy (non-hydrogen) atoms. The summed E-state index contributed by atoms with van der Waals surface area (Å²) >= 11 is 0. The summed E-state index contributed by atoms with van der Waals surface area (Å²) in [4.78, 5) is 0. The zero-order chi connectivity index (χ0) is 9.94. The molecular weight excluding hydrogens is 160 g/mol. The van der Waals surface area contributed by atoms with E-state index < -0.39 is 0 Å². The van der Waals surface area contributed by atoms with E-state index in [9.17, 15) is 0 Å². The fraction of sp³-hybridized carbons (Fsp3) is 1.00. The Balaban J connectivity index is 2.97. The van der Waals surface area contributed by atoms with Crippen LogP contribution in [0.3, 0.4) is 0 Å². The van der Waals surface area contributed by atoms with Gasteiger partial charge in [-0.15, -0.1) is 0 Å². The molecule has 0 radical (unpaired) electrons. The van der Waals surface area contributed by atoms with Crippen LogP contribution in [0.2, 0.25) is 0 Å². The number of nitrogens with one attached hydrogen (secondary N) is 2. The van der Waals surface area contributed by atoms with Crippen molar-refractivity contribution in [2.24, 2.45) is 0 Å². The molecule has 2 nitrogen and oxygen atoms in total. The van der Waals surface area contributed by atoms with Crippen LogP contribution in [0.4, 0.5) is 0 Å². The normalized spacial score (nSPS) is 13.2. The van der Waals surface area contributed by atoms with Gasteiger partial charge in [0.25, 0.3) is 0 Å². The first-order valence-electron chi connectivity index (χ1n) is 5.69. The molecule has 0 spiro atoms. The van der Waals surface area contributed by atoms with Gasteiger partial charge in [0.15, 0.2) is 0 Å². The summed E-state index contributed by atoms with van der Waals surface area (Å²) < 4.78 is 0. The second-order valence-electron chi connectivity index (χ2n) is 3.83. The SMILES string of the molecule is CCCCCCCNC(C)CNC. The number of hydrogen-bond donors (Lipinski definition) is 2. The molecule has 2 heteroatoms. The Morgan fingerprint density at radius 1 is 1.08 bits per heavy atom. The maximum absolute atomic E-state index is 3.50. The Morgan fingerprint density at radius 3 is 2.38 bits per heavy atom. The van der Waals surface area contributed by atoms with Crippen LogP contribution in [0.5, 0.6) is 0 Å². The van der Waals surface area contributed by atoms with Gasteiger partial charge < -0.3 is 10.6 Å². The van der Waals surface area contributed by atoms with Crippen molar-refractivity contribution in [3.8, 4) is 0 Å². The van der Waals surface area contributed by atoms with Gasteiger partial charge in [0.2, 0.25) is 0 Å². The highest BCUT2D eigenvalue weighted by Crippen LogP contribution is 2.01. The van der Waals surface area contributed by atoms with Crippen LogP contribution in [0.25, 0.3) is 0 Å². The third kappa shape index (κ3) is 9.84. The average Bonchev–Trinajstić information content (AvgIpc) is 2.11. The van der Waals surface area contributed by atoms with Crippen molar-refractivity contribution in [3.05, 3.63) is 0 Å². The Morgan fingerprint density at radius 2 is 1.77 bits per heavy atom. The molecule has 0 aliphatic heterocycles. The third-order valence-corrected chi connectivity index (χ3v) is 2.28. The predicted octanol–water partition coefficient (Wildman–Crippen LogP) is 2.15. The molecule has 0 amide bonds. The van der Waals surface area contributed by atoms with Crippen LogP contribution >= 0.6 is 0 Å². The van der Waals surface area contributed by atoms with E-state index in [1.54, 1.807) is 0 Å². The molecule has 0 aromatic carbocycles. The molecule has 0 fully saturated rings. The molecule has 1 unspecified atom stereocenters. The molecule has 0 aromatic rings. The lowest BCUT2D eigenvalue weighted by Crippen LogP contribution is -2.35. The number of unbranched alkanes of at least 4 members (excludes halogenated alkanes) is 4. The summed E-state index contributed by atoms with van der Waals surface area (Å²) in [7, 11) is 2.00. The van der Waals surface area contributed by atoms with Crippen LogP contribution in [0.1, 0.15) is 46.0 Å². The number of hydrogen-bond acceptors (Lipinski definition) is 2. The van der Waals surface area contributed by atoms with Gasteiger partial charge in [-0.3, -0.25) is 0 Å². The average molecular weight is 186 g/mol. The van der Waals surface area contributed by atoms with Crippen molar-refractivity contribution in [2.75, 3.05) is 20.1 Å². The molecule has 2 N–H and O–H groups in total. The Bertz CT molecular complexity index is 94.1. The van der Waals surface area contributed by atoms with E-state index in [1.165, 1.54) is 38.6 Å². The van der Waals surface area contributed by atoms with Crippen molar-refractivity contribution >= 4 is 0 Å². The van der Waals surface area contributed by atoms with E-state index in [4.69, 9.17) is 0 Å². The van der Waals surface area contributed by atoms with E-state index in [1.807, 2.05) is 7.05 Å². The number of rotatable bonds is 9. The second-order valence-corrected chi connectivity index (χ2v) is 3.83. The first kappa shape index (κ1) is 12.9. The maximum Gasteiger partial charge on any atom is 0.0164 e. The first-order valence-corrected chi connectivity index (χ1v) is 5.69. The Hall–Kier alpha value is -0.0800. The topological polar surface area (TPSA) is 24.1 Å². The van der Waals surface area contributed by atoms with Gasteiger partial charge in [0.1, 0.15) is 0 Å². The molecule has 0 heterocycles. The van der Waals surface area contributed by atoms with Crippen LogP contribution in [0, 0.1) is 0 Å². The highest BCUT2D eigenvalue weighted by Gasteiger charge is 1.97. The van der Waals surface area contributed by atoms with E-state index in [-0.39, 0.29) is 0 Å². The standard InChI is InChI=1S/C11H26N2/c1-4-5-6-7-8-9-13-11(2)10-12-3/h11-13H,4-10H2,1-3H3. The summed E-state index contributed by atoms with van der Waals surface area (Å²) in [5.41, 5.74) is 0. The van der Waals surface area contributed by atoms with E-state index in [2.05, 4.69) is 24.5 Å². The lowest BCUT2D eigenvalue weighted by molar-refractivity contribution is 0.500. The summed E-state index contributed by atoms with van der Waals surface area (Å²) in [6.07, 6.45) is 6.84. The summed E-state index contributed by atoms with van der Waals surface area (Å²) in [5.74, 6) is 0. The fourth-order valence-electron chi connectivity index (χ4n) is 1.46. The quantitative estimate of drug-likeness (QED) is 0.539. The Labute approximate surface area is 83.5 Å². The van der Waals surface area contributed by atoms with Gasteiger partial charge in [-0.1, -0.05) is 32.6 Å². The third-order valence-electron chi connectivity index (χ3n) is 2.28. The van der Waals surface area contributed by atoms with Gasteiger partial charge >= 0.3 is 0 Å². The number of likely N-dealkylation sites (N-methyl/N-ethyl adjacent to an activating group) is 1. The van der Waals surface area contributed by atoms with Crippen LogP contribution < -0.4 is 10.6 Å². The van der Waals surface area contributed by atoms with Crippen molar-refractivity contribution in [1.82, 2.24) is 10.6 Å². The fourth-order valence-corrected chi connectivity index (χ4v) is 1.46. The summed E-state index contributed by atoms with van der Waals surface area (Å²) in [6.45, 7) is 6.72. The van der Waals surface area contributed by atoms with Crippen molar-refractivity contribution in [3.63, 3.8) is 0 Å². The van der Waals surface area contributed by atoms with Crippen molar-refractivity contribution in [2.45, 2.75) is 52.0 Å². The van der Waals surface area contributed by atoms with E-state index in [0.29, 0.717) is 6.04 Å². The highest BCUT2D eigenvalue weighted by atomic mass is 15.0. The molecule has 0 rings (SSSR count). The van der Waals surface area contributed by atoms with Crippen LogP contribution in [-0.4, -0.2) is 26.2 Å². The molecule has 0 aromatic heterocycles. The molecule has 0 saturated heterocycles. The Kier molecular flexibility index (Phi) is 9.94. The minimum atomic E-state index is 0.608. The molecule has 0 saturated carbocycles. The zero-order valence-electron chi connectivity index (χ0n) is 9.53. The van der Waals surface area contributed by atoms with Gasteiger partial charge in [-0.25, -0.2) is 0 Å². The lowest BCUT2D eigenvalue weighted by atomic mass is 10.1.